The largest absolute Gasteiger partial charge is 0.126 e. The SMILES string of the molecule is C#CC(C)CCC(=C=CC)CC. The van der Waals surface area contributed by atoms with Gasteiger partial charge in [0.05, 0.1) is 0 Å². The number of allylic oxidation sites excluding steroid dienone is 1. The van der Waals surface area contributed by atoms with Gasteiger partial charge in [0.2, 0.25) is 0 Å². The Morgan fingerprint density at radius 2 is 2.25 bits per heavy atom. The van der Waals surface area contributed by atoms with Crippen LogP contribution in [0.25, 0.3) is 0 Å². The fourth-order valence-corrected chi connectivity index (χ4v) is 1.03. The van der Waals surface area contributed by atoms with Crippen LogP contribution in [0.3, 0.4) is 0 Å². The van der Waals surface area contributed by atoms with E-state index in [4.69, 9.17) is 6.42 Å². The number of hydrogen-bond donors (Lipinski definition) is 0. The molecule has 0 aromatic rings. The molecule has 0 aromatic carbocycles. The summed E-state index contributed by atoms with van der Waals surface area (Å²) in [6.45, 7) is 6.25. The Balaban J connectivity index is 3.92. The molecule has 0 aliphatic carbocycles. The topological polar surface area (TPSA) is 0 Å². The molecular weight excluding hydrogens is 144 g/mol. The predicted molar refractivity (Wildman–Crippen MR) is 54.8 cm³/mol. The van der Waals surface area contributed by atoms with E-state index in [0.717, 1.165) is 19.3 Å². The van der Waals surface area contributed by atoms with Crippen LogP contribution in [0.5, 0.6) is 0 Å². The quantitative estimate of drug-likeness (QED) is 0.438. The number of rotatable bonds is 4. The highest BCUT2D eigenvalue weighted by molar-refractivity contribution is 5.02. The smallest absolute Gasteiger partial charge is 0.0175 e. The van der Waals surface area contributed by atoms with Crippen LogP contribution in [0.4, 0.5) is 0 Å². The molecule has 0 heterocycles. The summed E-state index contributed by atoms with van der Waals surface area (Å²) in [7, 11) is 0. The van der Waals surface area contributed by atoms with Crippen LogP contribution in [0.2, 0.25) is 0 Å². The van der Waals surface area contributed by atoms with Crippen molar-refractivity contribution in [3.63, 3.8) is 0 Å². The van der Waals surface area contributed by atoms with Gasteiger partial charge in [-0.25, -0.2) is 0 Å². The van der Waals surface area contributed by atoms with Gasteiger partial charge in [0.25, 0.3) is 0 Å². The van der Waals surface area contributed by atoms with E-state index < -0.39 is 0 Å². The van der Waals surface area contributed by atoms with Crippen LogP contribution in [0.15, 0.2) is 17.4 Å². The van der Waals surface area contributed by atoms with E-state index in [-0.39, 0.29) is 0 Å². The fraction of sp³-hybridized carbons (Fsp3) is 0.583. The van der Waals surface area contributed by atoms with Crippen molar-refractivity contribution in [3.8, 4) is 12.3 Å². The maximum absolute atomic E-state index is 5.29. The van der Waals surface area contributed by atoms with E-state index in [9.17, 15) is 0 Å². The summed E-state index contributed by atoms with van der Waals surface area (Å²) in [6.07, 6.45) is 10.5. The third-order valence-corrected chi connectivity index (χ3v) is 1.94. The molecular formula is C12H18. The standard InChI is InChI=1S/C12H18/c1-5-8-12(7-3)10-9-11(4)6-2/h2,5,11H,7,9-10H2,1,3-4H3. The first-order chi connectivity index (χ1) is 5.74. The Morgan fingerprint density at radius 1 is 1.58 bits per heavy atom. The lowest BCUT2D eigenvalue weighted by atomic mass is 10.0. The molecule has 0 aromatic heterocycles. The molecule has 0 nitrogen and oxygen atoms in total. The zero-order valence-electron chi connectivity index (χ0n) is 8.35. The lowest BCUT2D eigenvalue weighted by molar-refractivity contribution is 0.656. The van der Waals surface area contributed by atoms with Crippen LogP contribution in [-0.2, 0) is 0 Å². The van der Waals surface area contributed by atoms with E-state index in [0.29, 0.717) is 5.92 Å². The number of hydrogen-bond acceptors (Lipinski definition) is 0. The first-order valence-corrected chi connectivity index (χ1v) is 4.59. The molecule has 0 rings (SSSR count). The molecule has 0 saturated carbocycles. The molecule has 0 radical (unpaired) electrons. The lowest BCUT2D eigenvalue weighted by Gasteiger charge is -2.03. The van der Waals surface area contributed by atoms with Gasteiger partial charge in [0.1, 0.15) is 0 Å². The molecule has 12 heavy (non-hydrogen) atoms. The molecule has 0 bridgehead atoms. The highest BCUT2D eigenvalue weighted by Crippen LogP contribution is 2.12. The van der Waals surface area contributed by atoms with Crippen molar-refractivity contribution >= 4 is 0 Å². The maximum atomic E-state index is 5.29. The van der Waals surface area contributed by atoms with Crippen molar-refractivity contribution < 1.29 is 0 Å². The average Bonchev–Trinajstić information content (AvgIpc) is 2.11. The molecule has 0 aliphatic rings. The van der Waals surface area contributed by atoms with Gasteiger partial charge >= 0.3 is 0 Å². The van der Waals surface area contributed by atoms with E-state index >= 15 is 0 Å². The van der Waals surface area contributed by atoms with Crippen molar-refractivity contribution in [2.24, 2.45) is 5.92 Å². The Hall–Kier alpha value is -0.920. The molecule has 0 aliphatic heterocycles. The van der Waals surface area contributed by atoms with Crippen molar-refractivity contribution in [1.29, 1.82) is 0 Å². The summed E-state index contributed by atoms with van der Waals surface area (Å²) in [5, 5.41) is 0. The van der Waals surface area contributed by atoms with Crippen LogP contribution in [0, 0.1) is 18.3 Å². The average molecular weight is 162 g/mol. The van der Waals surface area contributed by atoms with Gasteiger partial charge in [-0.05, 0) is 37.8 Å². The van der Waals surface area contributed by atoms with Gasteiger partial charge < -0.3 is 0 Å². The van der Waals surface area contributed by atoms with E-state index in [1.54, 1.807) is 0 Å². The molecule has 1 unspecified atom stereocenters. The van der Waals surface area contributed by atoms with Gasteiger partial charge in [-0.2, -0.15) is 0 Å². The van der Waals surface area contributed by atoms with Gasteiger partial charge in [-0.3, -0.25) is 0 Å². The van der Waals surface area contributed by atoms with E-state index in [1.807, 2.05) is 13.0 Å². The highest BCUT2D eigenvalue weighted by atomic mass is 14.0. The van der Waals surface area contributed by atoms with Crippen molar-refractivity contribution in [2.75, 3.05) is 0 Å². The molecule has 0 N–H and O–H groups in total. The maximum Gasteiger partial charge on any atom is 0.0175 e. The number of terminal acetylenes is 1. The second-order valence-electron chi connectivity index (χ2n) is 3.00. The Labute approximate surface area is 76.4 Å². The van der Waals surface area contributed by atoms with E-state index in [1.165, 1.54) is 5.57 Å². The summed E-state index contributed by atoms with van der Waals surface area (Å²) in [4.78, 5) is 0. The first-order valence-electron chi connectivity index (χ1n) is 4.59. The minimum absolute atomic E-state index is 0.394. The summed E-state index contributed by atoms with van der Waals surface area (Å²) >= 11 is 0. The summed E-state index contributed by atoms with van der Waals surface area (Å²) in [6, 6.07) is 0. The van der Waals surface area contributed by atoms with Crippen molar-refractivity contribution in [3.05, 3.63) is 17.4 Å². The van der Waals surface area contributed by atoms with Gasteiger partial charge in [-0.15, -0.1) is 18.1 Å². The Bertz CT molecular complexity index is 209. The molecule has 0 spiro atoms. The van der Waals surface area contributed by atoms with Crippen LogP contribution >= 0.6 is 0 Å². The van der Waals surface area contributed by atoms with Gasteiger partial charge in [0.15, 0.2) is 0 Å². The Morgan fingerprint density at radius 3 is 2.67 bits per heavy atom. The molecule has 0 fully saturated rings. The van der Waals surface area contributed by atoms with Crippen molar-refractivity contribution in [1.82, 2.24) is 0 Å². The third kappa shape index (κ3) is 4.83. The van der Waals surface area contributed by atoms with Crippen LogP contribution in [-0.4, -0.2) is 0 Å². The molecule has 66 valence electrons. The summed E-state index contributed by atoms with van der Waals surface area (Å²) < 4.78 is 0. The zero-order chi connectivity index (χ0) is 9.40. The second-order valence-corrected chi connectivity index (χ2v) is 3.00. The lowest BCUT2D eigenvalue weighted by Crippen LogP contribution is -1.90. The van der Waals surface area contributed by atoms with E-state index in [2.05, 4.69) is 25.5 Å². The molecule has 1 atom stereocenters. The van der Waals surface area contributed by atoms with Crippen LogP contribution < -0.4 is 0 Å². The summed E-state index contributed by atoms with van der Waals surface area (Å²) in [5.41, 5.74) is 4.61. The minimum atomic E-state index is 0.394. The molecule has 0 saturated heterocycles. The van der Waals surface area contributed by atoms with Gasteiger partial charge in [0, 0.05) is 5.92 Å². The van der Waals surface area contributed by atoms with Crippen LogP contribution in [0.1, 0.15) is 40.0 Å². The molecule has 0 heteroatoms. The zero-order valence-corrected chi connectivity index (χ0v) is 8.35. The van der Waals surface area contributed by atoms with Gasteiger partial charge in [-0.1, -0.05) is 13.8 Å². The normalized spacial score (nSPS) is 11.2. The Kier molecular flexibility index (Phi) is 6.25. The first kappa shape index (κ1) is 11.1. The molecule has 0 amide bonds. The predicted octanol–water partition coefficient (Wildman–Crippen LogP) is 3.55. The minimum Gasteiger partial charge on any atom is -0.126 e. The monoisotopic (exact) mass is 162 g/mol. The van der Waals surface area contributed by atoms with Crippen molar-refractivity contribution in [2.45, 2.75) is 40.0 Å². The third-order valence-electron chi connectivity index (χ3n) is 1.94. The fourth-order valence-electron chi connectivity index (χ4n) is 1.03. The highest BCUT2D eigenvalue weighted by Gasteiger charge is 1.98. The summed E-state index contributed by atoms with van der Waals surface area (Å²) in [5.74, 6) is 3.13. The second kappa shape index (κ2) is 6.77.